The molecule has 2 N–H and O–H groups in total. The van der Waals surface area contributed by atoms with Crippen molar-refractivity contribution < 1.29 is 9.47 Å². The normalized spacial score (nSPS) is 24.6. The number of ether oxygens (including phenoxy) is 2. The second kappa shape index (κ2) is 5.93. The smallest absolute Gasteiger partial charge is 0.233 e. The summed E-state index contributed by atoms with van der Waals surface area (Å²) in [4.78, 5) is 0. The van der Waals surface area contributed by atoms with Gasteiger partial charge < -0.3 is 15.2 Å². The fourth-order valence-corrected chi connectivity index (χ4v) is 2.11. The van der Waals surface area contributed by atoms with Crippen LogP contribution in [0, 0.1) is 0 Å². The van der Waals surface area contributed by atoms with E-state index in [1.54, 1.807) is 7.11 Å². The molecule has 0 saturated heterocycles. The summed E-state index contributed by atoms with van der Waals surface area (Å²) in [6.45, 7) is 0.405. The molecule has 17 heavy (non-hydrogen) atoms. The fourth-order valence-electron chi connectivity index (χ4n) is 2.11. The lowest BCUT2D eigenvalue weighted by atomic mass is 9.95. The van der Waals surface area contributed by atoms with Gasteiger partial charge in [-0.3, -0.25) is 0 Å². The van der Waals surface area contributed by atoms with Crippen LogP contribution in [-0.2, 0) is 11.3 Å². The van der Waals surface area contributed by atoms with Crippen molar-refractivity contribution in [2.75, 3.05) is 7.11 Å². The second-order valence-corrected chi connectivity index (χ2v) is 4.33. The van der Waals surface area contributed by atoms with Crippen molar-refractivity contribution in [1.82, 2.24) is 10.2 Å². The molecule has 1 saturated carbocycles. The number of hydrogen-bond donors (Lipinski definition) is 1. The monoisotopic (exact) mass is 237 g/mol. The van der Waals surface area contributed by atoms with E-state index in [-0.39, 0.29) is 6.10 Å². The molecule has 1 aliphatic carbocycles. The highest BCUT2D eigenvalue weighted by molar-refractivity contribution is 5.11. The van der Waals surface area contributed by atoms with E-state index in [0.717, 1.165) is 31.4 Å². The van der Waals surface area contributed by atoms with Crippen molar-refractivity contribution in [3.63, 3.8) is 0 Å². The summed E-state index contributed by atoms with van der Waals surface area (Å²) in [5.74, 6) is 0.573. The van der Waals surface area contributed by atoms with Crippen LogP contribution < -0.4 is 10.5 Å². The minimum absolute atomic E-state index is 0.187. The molecule has 0 amide bonds. The van der Waals surface area contributed by atoms with E-state index in [0.29, 0.717) is 18.5 Å². The Balaban J connectivity index is 1.90. The maximum Gasteiger partial charge on any atom is 0.233 e. The summed E-state index contributed by atoms with van der Waals surface area (Å²) in [5.41, 5.74) is 6.23. The van der Waals surface area contributed by atoms with Crippen LogP contribution >= 0.6 is 0 Å². The van der Waals surface area contributed by atoms with Crippen LogP contribution in [0.5, 0.6) is 5.88 Å². The molecule has 5 nitrogen and oxygen atoms in total. The molecule has 0 spiro atoms. The van der Waals surface area contributed by atoms with Gasteiger partial charge in [0, 0.05) is 26.1 Å². The van der Waals surface area contributed by atoms with Gasteiger partial charge in [-0.05, 0) is 25.3 Å². The molecule has 1 fully saturated rings. The summed E-state index contributed by atoms with van der Waals surface area (Å²) in [6, 6.07) is 3.67. The van der Waals surface area contributed by atoms with Gasteiger partial charge in [0.25, 0.3) is 0 Å². The van der Waals surface area contributed by atoms with Crippen molar-refractivity contribution in [1.29, 1.82) is 0 Å². The van der Waals surface area contributed by atoms with Gasteiger partial charge in [-0.15, -0.1) is 5.10 Å². The first kappa shape index (κ1) is 12.3. The van der Waals surface area contributed by atoms with Crippen LogP contribution in [0.25, 0.3) is 0 Å². The van der Waals surface area contributed by atoms with E-state index in [2.05, 4.69) is 10.2 Å². The molecule has 5 heteroatoms. The molecule has 2 atom stereocenters. The number of nitrogens with zero attached hydrogens (tertiary/aromatic N) is 2. The molecule has 94 valence electrons. The van der Waals surface area contributed by atoms with Crippen molar-refractivity contribution in [2.45, 2.75) is 44.4 Å². The van der Waals surface area contributed by atoms with Gasteiger partial charge in [0.05, 0.1) is 11.8 Å². The average molecular weight is 237 g/mol. The molecule has 0 radical (unpaired) electrons. The van der Waals surface area contributed by atoms with Crippen molar-refractivity contribution in [3.8, 4) is 5.88 Å². The van der Waals surface area contributed by atoms with E-state index < -0.39 is 0 Å². The number of methoxy groups -OCH3 is 1. The lowest BCUT2D eigenvalue weighted by molar-refractivity contribution is 0.0192. The molecule has 1 aromatic heterocycles. The van der Waals surface area contributed by atoms with Crippen molar-refractivity contribution >= 4 is 0 Å². The third kappa shape index (κ3) is 3.38. The van der Waals surface area contributed by atoms with Crippen LogP contribution in [-0.4, -0.2) is 29.5 Å². The Hall–Kier alpha value is -1.20. The Morgan fingerprint density at radius 3 is 2.76 bits per heavy atom. The van der Waals surface area contributed by atoms with Crippen molar-refractivity contribution in [2.24, 2.45) is 5.73 Å². The van der Waals surface area contributed by atoms with E-state index in [1.165, 1.54) is 0 Å². The minimum Gasteiger partial charge on any atom is -0.473 e. The summed E-state index contributed by atoms with van der Waals surface area (Å²) in [6.07, 6.45) is 4.74. The molecule has 2 unspecified atom stereocenters. The summed E-state index contributed by atoms with van der Waals surface area (Å²) in [7, 11) is 1.75. The van der Waals surface area contributed by atoms with Crippen LogP contribution in [0.15, 0.2) is 12.1 Å². The molecule has 0 aliphatic heterocycles. The lowest BCUT2D eigenvalue weighted by Gasteiger charge is -2.28. The molecular formula is C12H19N3O2. The first-order valence-electron chi connectivity index (χ1n) is 6.04. The van der Waals surface area contributed by atoms with Gasteiger partial charge in [-0.2, -0.15) is 5.10 Å². The topological polar surface area (TPSA) is 70.3 Å². The summed E-state index contributed by atoms with van der Waals surface area (Å²) in [5, 5.41) is 7.97. The molecule has 0 aromatic carbocycles. The van der Waals surface area contributed by atoms with Crippen LogP contribution in [0.3, 0.4) is 0 Å². The largest absolute Gasteiger partial charge is 0.473 e. The van der Waals surface area contributed by atoms with Gasteiger partial charge in [-0.25, -0.2) is 0 Å². The third-order valence-electron chi connectivity index (χ3n) is 3.10. The van der Waals surface area contributed by atoms with Gasteiger partial charge >= 0.3 is 0 Å². The first-order chi connectivity index (χ1) is 8.31. The zero-order chi connectivity index (χ0) is 12.1. The first-order valence-corrected chi connectivity index (χ1v) is 6.04. The minimum atomic E-state index is 0.187. The molecule has 1 aromatic rings. The SMILES string of the molecule is COC1CCCC(Oc2ccc(CN)nn2)C1. The second-order valence-electron chi connectivity index (χ2n) is 4.33. The Morgan fingerprint density at radius 2 is 2.12 bits per heavy atom. The lowest BCUT2D eigenvalue weighted by Crippen LogP contribution is -2.29. The number of aromatic nitrogens is 2. The maximum absolute atomic E-state index is 5.79. The van der Waals surface area contributed by atoms with Gasteiger partial charge in [0.15, 0.2) is 0 Å². The van der Waals surface area contributed by atoms with Crippen LogP contribution in [0.1, 0.15) is 31.4 Å². The highest BCUT2D eigenvalue weighted by atomic mass is 16.5. The number of nitrogens with two attached hydrogens (primary N) is 1. The fraction of sp³-hybridized carbons (Fsp3) is 0.667. The predicted molar refractivity (Wildman–Crippen MR) is 63.6 cm³/mol. The Kier molecular flexibility index (Phi) is 4.28. The standard InChI is InChI=1S/C12H19N3O2/c1-16-10-3-2-4-11(7-10)17-12-6-5-9(8-13)14-15-12/h5-6,10-11H,2-4,7-8,13H2,1H3. The highest BCUT2D eigenvalue weighted by Gasteiger charge is 2.23. The van der Waals surface area contributed by atoms with Gasteiger partial charge in [0.1, 0.15) is 6.10 Å². The number of hydrogen-bond acceptors (Lipinski definition) is 5. The molecule has 2 rings (SSSR count). The van der Waals surface area contributed by atoms with Crippen LogP contribution in [0.4, 0.5) is 0 Å². The molecule has 1 aliphatic rings. The van der Waals surface area contributed by atoms with Gasteiger partial charge in [-0.1, -0.05) is 0 Å². The molecular weight excluding hydrogens is 218 g/mol. The molecule has 0 bridgehead atoms. The average Bonchev–Trinajstić information content (AvgIpc) is 2.40. The quantitative estimate of drug-likeness (QED) is 0.854. The van der Waals surface area contributed by atoms with Gasteiger partial charge in [0.2, 0.25) is 5.88 Å². The van der Waals surface area contributed by atoms with E-state index in [1.807, 2.05) is 12.1 Å². The Labute approximate surface area is 101 Å². The van der Waals surface area contributed by atoms with Crippen LogP contribution in [0.2, 0.25) is 0 Å². The number of rotatable bonds is 4. The maximum atomic E-state index is 5.79. The van der Waals surface area contributed by atoms with E-state index in [9.17, 15) is 0 Å². The zero-order valence-corrected chi connectivity index (χ0v) is 10.1. The van der Waals surface area contributed by atoms with E-state index >= 15 is 0 Å². The predicted octanol–water partition coefficient (Wildman–Crippen LogP) is 1.27. The van der Waals surface area contributed by atoms with Crippen molar-refractivity contribution in [3.05, 3.63) is 17.8 Å². The summed E-state index contributed by atoms with van der Waals surface area (Å²) < 4.78 is 11.2. The summed E-state index contributed by atoms with van der Waals surface area (Å²) >= 11 is 0. The third-order valence-corrected chi connectivity index (χ3v) is 3.10. The highest BCUT2D eigenvalue weighted by Crippen LogP contribution is 2.24. The Bertz CT molecular complexity index is 342. The Morgan fingerprint density at radius 1 is 1.29 bits per heavy atom. The zero-order valence-electron chi connectivity index (χ0n) is 10.1. The van der Waals surface area contributed by atoms with E-state index in [4.69, 9.17) is 15.2 Å². The molecule has 1 heterocycles.